The fraction of sp³-hybridized carbons (Fsp3) is 0.167. The lowest BCUT2D eigenvalue weighted by Gasteiger charge is -2.07. The lowest BCUT2D eigenvalue weighted by Crippen LogP contribution is -2.24. The zero-order valence-electron chi connectivity index (χ0n) is 16.8. The number of benzene rings is 2. The van der Waals surface area contributed by atoms with Crippen LogP contribution in [0.5, 0.6) is 0 Å². The van der Waals surface area contributed by atoms with Crippen LogP contribution in [0.3, 0.4) is 0 Å². The molecule has 30 heavy (non-hydrogen) atoms. The number of nitrogens with zero attached hydrogens (tertiary/aromatic N) is 4. The van der Waals surface area contributed by atoms with Crippen molar-refractivity contribution in [2.75, 3.05) is 0 Å². The second kappa shape index (κ2) is 9.13. The van der Waals surface area contributed by atoms with E-state index >= 15 is 0 Å². The van der Waals surface area contributed by atoms with Gasteiger partial charge in [-0.25, -0.2) is 9.67 Å². The number of carbonyl (C=O) groups excluding carboxylic acids is 1. The Labute approximate surface area is 175 Å². The molecule has 0 aliphatic carbocycles. The first kappa shape index (κ1) is 19.5. The summed E-state index contributed by atoms with van der Waals surface area (Å²) in [4.78, 5) is 21.5. The fourth-order valence-electron chi connectivity index (χ4n) is 3.22. The van der Waals surface area contributed by atoms with E-state index in [-0.39, 0.29) is 11.7 Å². The number of aromatic nitrogens is 4. The van der Waals surface area contributed by atoms with Gasteiger partial charge in [0.05, 0.1) is 17.9 Å². The first-order chi connectivity index (χ1) is 14.7. The Morgan fingerprint density at radius 1 is 0.967 bits per heavy atom. The van der Waals surface area contributed by atoms with Crippen LogP contribution in [0.2, 0.25) is 0 Å². The van der Waals surface area contributed by atoms with Crippen LogP contribution in [0.4, 0.5) is 0 Å². The third-order valence-electron chi connectivity index (χ3n) is 4.76. The number of rotatable bonds is 7. The van der Waals surface area contributed by atoms with Gasteiger partial charge in [-0.3, -0.25) is 9.78 Å². The molecular formula is C24H23N5O. The molecule has 1 amide bonds. The molecule has 0 saturated heterocycles. The van der Waals surface area contributed by atoms with E-state index in [4.69, 9.17) is 0 Å². The molecule has 4 rings (SSSR count). The molecule has 4 aromatic rings. The van der Waals surface area contributed by atoms with E-state index < -0.39 is 0 Å². The lowest BCUT2D eigenvalue weighted by atomic mass is 10.1. The molecule has 2 aromatic carbocycles. The molecule has 0 radical (unpaired) electrons. The first-order valence-electron chi connectivity index (χ1n) is 9.94. The quantitative estimate of drug-likeness (QED) is 0.516. The predicted octanol–water partition coefficient (Wildman–Crippen LogP) is 3.69. The van der Waals surface area contributed by atoms with Gasteiger partial charge in [-0.05, 0) is 48.7 Å². The molecule has 0 unspecified atom stereocenters. The van der Waals surface area contributed by atoms with Crippen LogP contribution in [-0.2, 0) is 19.4 Å². The van der Waals surface area contributed by atoms with Crippen LogP contribution in [0.25, 0.3) is 5.69 Å². The highest BCUT2D eigenvalue weighted by molar-refractivity contribution is 5.90. The molecule has 0 atom stereocenters. The van der Waals surface area contributed by atoms with Crippen molar-refractivity contribution in [2.45, 2.75) is 26.3 Å². The van der Waals surface area contributed by atoms with Gasteiger partial charge in [-0.15, -0.1) is 5.10 Å². The van der Waals surface area contributed by atoms with Crippen molar-refractivity contribution >= 4 is 5.91 Å². The number of hydrogen-bond donors (Lipinski definition) is 1. The van der Waals surface area contributed by atoms with Gasteiger partial charge >= 0.3 is 0 Å². The number of carbonyl (C=O) groups is 1. The smallest absolute Gasteiger partial charge is 0.291 e. The molecular weight excluding hydrogens is 374 g/mol. The molecule has 0 saturated carbocycles. The Balaban J connectivity index is 1.57. The Morgan fingerprint density at radius 2 is 1.80 bits per heavy atom. The minimum atomic E-state index is -0.312. The number of nitrogens with one attached hydrogen (secondary N) is 1. The number of hydrogen-bond acceptors (Lipinski definition) is 4. The molecule has 0 aliphatic rings. The van der Waals surface area contributed by atoms with Crippen LogP contribution in [0.1, 0.15) is 33.3 Å². The van der Waals surface area contributed by atoms with Gasteiger partial charge in [-0.1, -0.05) is 48.5 Å². The van der Waals surface area contributed by atoms with E-state index in [2.05, 4.69) is 32.5 Å². The zero-order valence-corrected chi connectivity index (χ0v) is 16.8. The zero-order chi connectivity index (χ0) is 20.8. The van der Waals surface area contributed by atoms with Crippen molar-refractivity contribution in [2.24, 2.45) is 0 Å². The maximum Gasteiger partial charge on any atom is 0.291 e. The summed E-state index contributed by atoms with van der Waals surface area (Å²) in [7, 11) is 0. The number of amides is 1. The van der Waals surface area contributed by atoms with Crippen molar-refractivity contribution in [1.82, 2.24) is 25.1 Å². The van der Waals surface area contributed by atoms with Crippen LogP contribution in [-0.4, -0.2) is 25.7 Å². The second-order valence-electron chi connectivity index (χ2n) is 7.09. The first-order valence-corrected chi connectivity index (χ1v) is 9.94. The normalized spacial score (nSPS) is 10.7. The third-order valence-corrected chi connectivity index (χ3v) is 4.76. The van der Waals surface area contributed by atoms with Crippen molar-refractivity contribution in [3.63, 3.8) is 0 Å². The molecule has 0 spiro atoms. The molecule has 0 fully saturated rings. The van der Waals surface area contributed by atoms with E-state index in [0.29, 0.717) is 13.0 Å². The average Bonchev–Trinajstić information content (AvgIpc) is 3.22. The Kier molecular flexibility index (Phi) is 5.94. The van der Waals surface area contributed by atoms with E-state index in [1.165, 1.54) is 5.56 Å². The summed E-state index contributed by atoms with van der Waals surface area (Å²) in [5.74, 6) is 0.607. The van der Waals surface area contributed by atoms with Crippen LogP contribution < -0.4 is 5.32 Å². The average molecular weight is 397 g/mol. The number of aryl methyl sites for hydroxylation is 3. The molecule has 6 nitrogen and oxygen atoms in total. The molecule has 1 N–H and O–H groups in total. The summed E-state index contributed by atoms with van der Waals surface area (Å²) in [6.07, 6.45) is 3.20. The Hall–Kier alpha value is -3.80. The summed E-state index contributed by atoms with van der Waals surface area (Å²) in [5, 5.41) is 7.37. The van der Waals surface area contributed by atoms with Crippen molar-refractivity contribution in [1.29, 1.82) is 0 Å². The van der Waals surface area contributed by atoms with Gasteiger partial charge < -0.3 is 5.32 Å². The summed E-state index contributed by atoms with van der Waals surface area (Å²) in [5.41, 5.74) is 4.03. The van der Waals surface area contributed by atoms with E-state index in [0.717, 1.165) is 29.2 Å². The van der Waals surface area contributed by atoms with Crippen molar-refractivity contribution < 1.29 is 4.79 Å². The molecule has 2 heterocycles. The van der Waals surface area contributed by atoms with Crippen LogP contribution in [0.15, 0.2) is 79.0 Å². The Morgan fingerprint density at radius 3 is 2.57 bits per heavy atom. The van der Waals surface area contributed by atoms with Gasteiger partial charge in [0.25, 0.3) is 5.91 Å². The monoisotopic (exact) mass is 397 g/mol. The van der Waals surface area contributed by atoms with Gasteiger partial charge in [0.2, 0.25) is 5.82 Å². The highest BCUT2D eigenvalue weighted by Crippen LogP contribution is 2.14. The van der Waals surface area contributed by atoms with Gasteiger partial charge in [-0.2, -0.15) is 0 Å². The van der Waals surface area contributed by atoms with Crippen molar-refractivity contribution in [3.8, 4) is 5.69 Å². The summed E-state index contributed by atoms with van der Waals surface area (Å²) in [6, 6.07) is 23.9. The molecule has 6 heteroatoms. The van der Waals surface area contributed by atoms with Gasteiger partial charge in [0.1, 0.15) is 5.82 Å². The lowest BCUT2D eigenvalue weighted by molar-refractivity contribution is 0.0940. The van der Waals surface area contributed by atoms with E-state index in [1.54, 1.807) is 10.9 Å². The van der Waals surface area contributed by atoms with E-state index in [9.17, 15) is 4.79 Å². The molecule has 150 valence electrons. The summed E-state index contributed by atoms with van der Waals surface area (Å²) < 4.78 is 1.77. The highest BCUT2D eigenvalue weighted by Gasteiger charge is 2.17. The second-order valence-corrected chi connectivity index (χ2v) is 7.09. The largest absolute Gasteiger partial charge is 0.344 e. The maximum atomic E-state index is 12.7. The number of pyridine rings is 1. The third kappa shape index (κ3) is 4.78. The van der Waals surface area contributed by atoms with Crippen LogP contribution in [0, 0.1) is 6.92 Å². The highest BCUT2D eigenvalue weighted by atomic mass is 16.2. The summed E-state index contributed by atoms with van der Waals surface area (Å²) in [6.45, 7) is 2.36. The molecule has 2 aromatic heterocycles. The van der Waals surface area contributed by atoms with Gasteiger partial charge in [0.15, 0.2) is 0 Å². The minimum Gasteiger partial charge on any atom is -0.344 e. The maximum absolute atomic E-state index is 12.7. The minimum absolute atomic E-state index is 0.162. The predicted molar refractivity (Wildman–Crippen MR) is 115 cm³/mol. The molecule has 0 aliphatic heterocycles. The van der Waals surface area contributed by atoms with Crippen LogP contribution >= 0.6 is 0 Å². The molecule has 0 bridgehead atoms. The summed E-state index contributed by atoms with van der Waals surface area (Å²) >= 11 is 0. The topological polar surface area (TPSA) is 72.7 Å². The Bertz CT molecular complexity index is 1120. The standard InChI is InChI=1S/C24H23N5O/c1-18-8-7-12-21(16-18)29-22(14-13-19-9-3-2-4-10-19)27-23(28-29)24(30)26-17-20-11-5-6-15-25-20/h2-12,15-16H,13-14,17H2,1H3,(H,26,30). The fourth-order valence-corrected chi connectivity index (χ4v) is 3.22. The SMILES string of the molecule is Cc1cccc(-n2nc(C(=O)NCc3ccccn3)nc2CCc2ccccc2)c1. The van der Waals surface area contributed by atoms with Gasteiger partial charge in [0, 0.05) is 12.6 Å². The van der Waals surface area contributed by atoms with Crippen molar-refractivity contribution in [3.05, 3.63) is 107 Å². The van der Waals surface area contributed by atoms with E-state index in [1.807, 2.05) is 67.6 Å².